The molecule has 0 saturated heterocycles. The van der Waals surface area contributed by atoms with E-state index in [0.29, 0.717) is 5.89 Å². The number of benzene rings is 2. The lowest BCUT2D eigenvalue weighted by Gasteiger charge is -2.12. The van der Waals surface area contributed by atoms with E-state index in [2.05, 4.69) is 20.5 Å². The van der Waals surface area contributed by atoms with Crippen molar-refractivity contribution in [2.45, 2.75) is 13.1 Å². The fraction of sp³-hybridized carbons (Fsp3) is 0.150. The van der Waals surface area contributed by atoms with Crippen molar-refractivity contribution in [3.63, 3.8) is 0 Å². The van der Waals surface area contributed by atoms with E-state index in [-0.39, 0.29) is 30.2 Å². The number of carbonyl (C=O) groups is 1. The molecule has 152 valence electrons. The molecule has 4 aromatic rings. The summed E-state index contributed by atoms with van der Waals surface area (Å²) in [6.45, 7) is -0.125. The van der Waals surface area contributed by atoms with Crippen LogP contribution in [0.15, 0.2) is 59.1 Å². The minimum absolute atomic E-state index is 0.0250. The predicted octanol–water partition coefficient (Wildman–Crippen LogP) is 2.93. The highest BCUT2D eigenvalue weighted by molar-refractivity contribution is 5.91. The molecular formula is C20H16F2N6O2. The highest BCUT2D eigenvalue weighted by Gasteiger charge is 2.19. The predicted molar refractivity (Wildman–Crippen MR) is 101 cm³/mol. The zero-order valence-electron chi connectivity index (χ0n) is 15.9. The molecule has 0 aliphatic heterocycles. The molecule has 0 fully saturated rings. The second-order valence-electron chi connectivity index (χ2n) is 6.53. The van der Waals surface area contributed by atoms with Gasteiger partial charge in [-0.05, 0) is 24.3 Å². The summed E-state index contributed by atoms with van der Waals surface area (Å²) in [5, 5.41) is 15.5. The van der Waals surface area contributed by atoms with E-state index in [1.807, 2.05) is 30.3 Å². The van der Waals surface area contributed by atoms with Gasteiger partial charge in [0.2, 0.25) is 11.8 Å². The van der Waals surface area contributed by atoms with Crippen molar-refractivity contribution in [3.8, 4) is 11.5 Å². The van der Waals surface area contributed by atoms with Crippen LogP contribution in [0.1, 0.15) is 21.9 Å². The Morgan fingerprint density at radius 1 is 1.03 bits per heavy atom. The molecule has 10 heteroatoms. The van der Waals surface area contributed by atoms with E-state index in [9.17, 15) is 13.6 Å². The summed E-state index contributed by atoms with van der Waals surface area (Å²) in [6.07, 6.45) is 1.33. The highest BCUT2D eigenvalue weighted by Crippen LogP contribution is 2.18. The molecule has 2 aromatic heterocycles. The first kappa shape index (κ1) is 19.4. The molecule has 1 amide bonds. The Morgan fingerprint density at radius 2 is 1.77 bits per heavy atom. The van der Waals surface area contributed by atoms with Crippen molar-refractivity contribution in [1.82, 2.24) is 30.1 Å². The van der Waals surface area contributed by atoms with E-state index in [4.69, 9.17) is 4.42 Å². The lowest BCUT2D eigenvalue weighted by atomic mass is 10.2. The van der Waals surface area contributed by atoms with E-state index in [1.165, 1.54) is 21.8 Å². The third kappa shape index (κ3) is 4.07. The normalized spacial score (nSPS) is 10.9. The molecule has 0 radical (unpaired) electrons. The average molecular weight is 410 g/mol. The Morgan fingerprint density at radius 3 is 2.50 bits per heavy atom. The Balaban J connectivity index is 1.43. The van der Waals surface area contributed by atoms with Crippen molar-refractivity contribution in [3.05, 3.63) is 83.5 Å². The van der Waals surface area contributed by atoms with Gasteiger partial charge in [-0.1, -0.05) is 29.5 Å². The van der Waals surface area contributed by atoms with Crippen LogP contribution < -0.4 is 0 Å². The molecule has 0 aliphatic carbocycles. The van der Waals surface area contributed by atoms with E-state index in [1.54, 1.807) is 7.05 Å². The molecule has 0 aliphatic rings. The molecule has 0 N–H and O–H groups in total. The van der Waals surface area contributed by atoms with Crippen LogP contribution in [-0.4, -0.2) is 43.0 Å². The first-order chi connectivity index (χ1) is 14.5. The van der Waals surface area contributed by atoms with Crippen LogP contribution >= 0.6 is 0 Å². The van der Waals surface area contributed by atoms with Crippen LogP contribution in [0.4, 0.5) is 8.78 Å². The first-order valence-electron chi connectivity index (χ1n) is 8.97. The Bertz CT molecular complexity index is 1150. The van der Waals surface area contributed by atoms with Crippen molar-refractivity contribution < 1.29 is 18.0 Å². The van der Waals surface area contributed by atoms with Gasteiger partial charge in [0.05, 0.1) is 19.3 Å². The average Bonchev–Trinajstić information content (AvgIpc) is 3.41. The number of carbonyl (C=O) groups excluding carboxylic acids is 1. The molecule has 30 heavy (non-hydrogen) atoms. The number of amides is 1. The fourth-order valence-electron chi connectivity index (χ4n) is 2.80. The maximum Gasteiger partial charge on any atom is 0.276 e. The smallest absolute Gasteiger partial charge is 0.276 e. The van der Waals surface area contributed by atoms with Gasteiger partial charge >= 0.3 is 0 Å². The second-order valence-corrected chi connectivity index (χ2v) is 6.53. The molecule has 0 atom stereocenters. The summed E-state index contributed by atoms with van der Waals surface area (Å²) in [5.41, 5.74) is 0.639. The van der Waals surface area contributed by atoms with Gasteiger partial charge in [-0.25, -0.2) is 13.5 Å². The van der Waals surface area contributed by atoms with Crippen LogP contribution in [0.2, 0.25) is 0 Å². The quantitative estimate of drug-likeness (QED) is 0.486. The van der Waals surface area contributed by atoms with Gasteiger partial charge in [0, 0.05) is 18.2 Å². The first-order valence-corrected chi connectivity index (χ1v) is 8.97. The van der Waals surface area contributed by atoms with Crippen molar-refractivity contribution in [2.24, 2.45) is 0 Å². The van der Waals surface area contributed by atoms with Crippen LogP contribution in [0, 0.1) is 11.6 Å². The largest absolute Gasteiger partial charge is 0.419 e. The summed E-state index contributed by atoms with van der Waals surface area (Å²) >= 11 is 0. The highest BCUT2D eigenvalue weighted by atomic mass is 19.1. The van der Waals surface area contributed by atoms with Crippen molar-refractivity contribution >= 4 is 5.91 Å². The Labute approximate surface area is 169 Å². The maximum absolute atomic E-state index is 13.8. The number of hydrogen-bond acceptors (Lipinski definition) is 6. The number of rotatable bonds is 6. The van der Waals surface area contributed by atoms with Crippen molar-refractivity contribution in [1.29, 1.82) is 0 Å². The summed E-state index contributed by atoms with van der Waals surface area (Å²) < 4.78 is 34.4. The molecule has 0 unspecified atom stereocenters. The zero-order valence-corrected chi connectivity index (χ0v) is 15.9. The number of halogens is 2. The standard InChI is InChI=1S/C20H16F2N6O2/c1-27(12-18-24-25-19(30-18)13-6-3-2-4-7-13)20(29)17-11-28(26-23-17)10-14-15(21)8-5-9-16(14)22/h2-9,11H,10,12H2,1H3. The summed E-state index contributed by atoms with van der Waals surface area (Å²) in [4.78, 5) is 13.9. The van der Waals surface area contributed by atoms with E-state index >= 15 is 0 Å². The Kier molecular flexibility index (Phi) is 5.29. The monoisotopic (exact) mass is 410 g/mol. The molecule has 0 saturated carbocycles. The van der Waals surface area contributed by atoms with Crippen LogP contribution in [-0.2, 0) is 13.1 Å². The van der Waals surface area contributed by atoms with E-state index < -0.39 is 17.5 Å². The minimum atomic E-state index is -0.693. The topological polar surface area (TPSA) is 89.9 Å². The zero-order chi connectivity index (χ0) is 21.1. The van der Waals surface area contributed by atoms with Gasteiger partial charge in [-0.3, -0.25) is 4.79 Å². The van der Waals surface area contributed by atoms with Crippen LogP contribution in [0.5, 0.6) is 0 Å². The third-order valence-corrected chi connectivity index (χ3v) is 4.35. The summed E-state index contributed by atoms with van der Waals surface area (Å²) in [7, 11) is 1.55. The van der Waals surface area contributed by atoms with Gasteiger partial charge in [-0.2, -0.15) is 0 Å². The Hall–Kier alpha value is -3.95. The summed E-state index contributed by atoms with van der Waals surface area (Å²) in [5.74, 6) is -1.23. The maximum atomic E-state index is 13.8. The number of aromatic nitrogens is 5. The van der Waals surface area contributed by atoms with Crippen molar-refractivity contribution in [2.75, 3.05) is 7.05 Å². The van der Waals surface area contributed by atoms with Gasteiger partial charge in [0.25, 0.3) is 5.91 Å². The number of nitrogens with zero attached hydrogens (tertiary/aromatic N) is 6. The molecule has 8 nitrogen and oxygen atoms in total. The molecule has 2 aromatic carbocycles. The second kappa shape index (κ2) is 8.19. The molecule has 0 spiro atoms. The third-order valence-electron chi connectivity index (χ3n) is 4.35. The van der Waals surface area contributed by atoms with Gasteiger partial charge in [-0.15, -0.1) is 15.3 Å². The molecule has 4 rings (SSSR count). The molecule has 0 bridgehead atoms. The lowest BCUT2D eigenvalue weighted by Crippen LogP contribution is -2.26. The van der Waals surface area contributed by atoms with Gasteiger partial charge < -0.3 is 9.32 Å². The van der Waals surface area contributed by atoms with Crippen LogP contribution in [0.25, 0.3) is 11.5 Å². The lowest BCUT2D eigenvalue weighted by molar-refractivity contribution is 0.0767. The molecule has 2 heterocycles. The van der Waals surface area contributed by atoms with Crippen LogP contribution in [0.3, 0.4) is 0 Å². The molecular weight excluding hydrogens is 394 g/mol. The minimum Gasteiger partial charge on any atom is -0.419 e. The number of hydrogen-bond donors (Lipinski definition) is 0. The van der Waals surface area contributed by atoms with Gasteiger partial charge in [0.1, 0.15) is 11.6 Å². The van der Waals surface area contributed by atoms with E-state index in [0.717, 1.165) is 17.7 Å². The fourth-order valence-corrected chi connectivity index (χ4v) is 2.80. The summed E-state index contributed by atoms with van der Waals surface area (Å²) in [6, 6.07) is 12.8. The SMILES string of the molecule is CN(Cc1nnc(-c2ccccc2)o1)C(=O)c1cn(Cc2c(F)cccc2F)nn1. The van der Waals surface area contributed by atoms with Gasteiger partial charge in [0.15, 0.2) is 5.69 Å².